The summed E-state index contributed by atoms with van der Waals surface area (Å²) in [5.74, 6) is -0.336. The number of anilines is 1. The Morgan fingerprint density at radius 1 is 1.07 bits per heavy atom. The number of sulfonamides is 1. The van der Waals surface area contributed by atoms with Gasteiger partial charge in [0.1, 0.15) is 18.5 Å². The van der Waals surface area contributed by atoms with Crippen molar-refractivity contribution < 1.29 is 23.1 Å². The van der Waals surface area contributed by atoms with Crippen LogP contribution < -0.4 is 4.31 Å². The maximum atomic E-state index is 13.7. The summed E-state index contributed by atoms with van der Waals surface area (Å²) in [7, 11) is -0.187. The van der Waals surface area contributed by atoms with Gasteiger partial charge in [-0.2, -0.15) is 5.26 Å². The van der Waals surface area contributed by atoms with Crippen LogP contribution in [-0.2, 0) is 26.1 Å². The SMILES string of the molecule is CCOC(=O)Cn1c(C(O)c2ccc(C#N)cc2)nc2ccc(N(CCN(C)C)S(=O)(=O)c3ccccc3)cc21. The molecule has 4 rings (SSSR count). The van der Waals surface area contributed by atoms with Crippen LogP contribution >= 0.6 is 0 Å². The zero-order valence-electron chi connectivity index (χ0n) is 22.6. The van der Waals surface area contributed by atoms with Gasteiger partial charge in [-0.15, -0.1) is 0 Å². The van der Waals surface area contributed by atoms with Gasteiger partial charge in [0, 0.05) is 13.1 Å². The number of hydrogen-bond donors (Lipinski definition) is 1. The summed E-state index contributed by atoms with van der Waals surface area (Å²) in [5, 5.41) is 20.4. The van der Waals surface area contributed by atoms with E-state index in [1.807, 2.05) is 25.1 Å². The number of aliphatic hydroxyl groups excluding tert-OH is 1. The minimum absolute atomic E-state index is 0.158. The first-order valence-electron chi connectivity index (χ1n) is 12.7. The fourth-order valence-corrected chi connectivity index (χ4v) is 5.75. The number of benzene rings is 3. The zero-order chi connectivity index (χ0) is 28.9. The Labute approximate surface area is 233 Å². The monoisotopic (exact) mass is 561 g/mol. The molecule has 0 fully saturated rings. The highest BCUT2D eigenvalue weighted by Gasteiger charge is 2.27. The number of nitriles is 1. The Kier molecular flexibility index (Phi) is 8.84. The van der Waals surface area contributed by atoms with Gasteiger partial charge in [0.05, 0.1) is 39.9 Å². The van der Waals surface area contributed by atoms with Crippen LogP contribution in [0.2, 0.25) is 0 Å². The second kappa shape index (κ2) is 12.3. The van der Waals surface area contributed by atoms with Crippen molar-refractivity contribution >= 4 is 32.7 Å². The number of fused-ring (bicyclic) bond motifs is 1. The number of likely N-dealkylation sites (N-methyl/N-ethyl adjacent to an activating group) is 1. The number of aromatic nitrogens is 2. The topological polar surface area (TPSA) is 129 Å². The van der Waals surface area contributed by atoms with Gasteiger partial charge in [-0.1, -0.05) is 30.3 Å². The first kappa shape index (κ1) is 28.8. The molecule has 0 aliphatic carbocycles. The summed E-state index contributed by atoms with van der Waals surface area (Å²) in [5.41, 5.74) is 2.26. The number of nitrogens with zero attached hydrogens (tertiary/aromatic N) is 5. The molecule has 11 heteroatoms. The second-order valence-corrected chi connectivity index (χ2v) is 11.2. The summed E-state index contributed by atoms with van der Waals surface area (Å²) in [4.78, 5) is 19.2. The number of carbonyl (C=O) groups is 1. The Morgan fingerprint density at radius 3 is 2.40 bits per heavy atom. The van der Waals surface area contributed by atoms with Crippen molar-refractivity contribution in [2.45, 2.75) is 24.5 Å². The van der Waals surface area contributed by atoms with Gasteiger partial charge >= 0.3 is 5.97 Å². The van der Waals surface area contributed by atoms with E-state index in [-0.39, 0.29) is 30.4 Å². The molecule has 0 aliphatic heterocycles. The summed E-state index contributed by atoms with van der Waals surface area (Å²) in [6.07, 6.45) is -1.21. The highest BCUT2D eigenvalue weighted by molar-refractivity contribution is 7.92. The molecule has 0 bridgehead atoms. The van der Waals surface area contributed by atoms with Crippen LogP contribution in [0.15, 0.2) is 77.7 Å². The summed E-state index contributed by atoms with van der Waals surface area (Å²) in [6.45, 7) is 2.29. The van der Waals surface area contributed by atoms with Crippen LogP contribution in [0.5, 0.6) is 0 Å². The zero-order valence-corrected chi connectivity index (χ0v) is 23.4. The van der Waals surface area contributed by atoms with Gasteiger partial charge in [0.15, 0.2) is 0 Å². The number of aliphatic hydroxyl groups is 1. The third-order valence-corrected chi connectivity index (χ3v) is 8.17. The molecule has 10 nitrogen and oxygen atoms in total. The molecule has 0 aliphatic rings. The van der Waals surface area contributed by atoms with Crippen LogP contribution in [0.4, 0.5) is 5.69 Å². The molecule has 1 heterocycles. The van der Waals surface area contributed by atoms with Crippen LogP contribution in [0.25, 0.3) is 11.0 Å². The minimum Gasteiger partial charge on any atom is -0.465 e. The van der Waals surface area contributed by atoms with Crippen molar-refractivity contribution in [2.75, 3.05) is 38.1 Å². The molecule has 0 saturated heterocycles. The predicted octanol–water partition coefficient (Wildman–Crippen LogP) is 3.31. The lowest BCUT2D eigenvalue weighted by Gasteiger charge is -2.26. The lowest BCUT2D eigenvalue weighted by molar-refractivity contribution is -0.143. The number of rotatable bonds is 11. The Bertz CT molecular complexity index is 1630. The van der Waals surface area contributed by atoms with Gasteiger partial charge in [0.25, 0.3) is 10.0 Å². The number of hydrogen-bond acceptors (Lipinski definition) is 8. The fourth-order valence-electron chi connectivity index (χ4n) is 4.28. The van der Waals surface area contributed by atoms with Crippen LogP contribution in [0, 0.1) is 11.3 Å². The van der Waals surface area contributed by atoms with E-state index in [0.717, 1.165) is 0 Å². The fraction of sp³-hybridized carbons (Fsp3) is 0.276. The Morgan fingerprint density at radius 2 is 1.77 bits per heavy atom. The van der Waals surface area contributed by atoms with Crippen molar-refractivity contribution in [1.29, 1.82) is 5.26 Å². The van der Waals surface area contributed by atoms with Crippen LogP contribution in [-0.4, -0.2) is 67.7 Å². The molecule has 208 valence electrons. The summed E-state index contributed by atoms with van der Waals surface area (Å²) >= 11 is 0. The van der Waals surface area contributed by atoms with E-state index in [1.54, 1.807) is 84.3 Å². The molecular formula is C29H31N5O5S. The lowest BCUT2D eigenvalue weighted by Crippen LogP contribution is -2.36. The number of ether oxygens (including phenoxy) is 1. The van der Waals surface area contributed by atoms with Gasteiger partial charge in [-0.05, 0) is 69.0 Å². The maximum absolute atomic E-state index is 13.7. The predicted molar refractivity (Wildman–Crippen MR) is 151 cm³/mol. The molecule has 1 atom stereocenters. The molecule has 0 radical (unpaired) electrons. The van der Waals surface area contributed by atoms with E-state index in [2.05, 4.69) is 4.98 Å². The molecule has 1 unspecified atom stereocenters. The average Bonchev–Trinajstić information content (AvgIpc) is 3.30. The van der Waals surface area contributed by atoms with E-state index in [0.29, 0.717) is 34.4 Å². The second-order valence-electron chi connectivity index (χ2n) is 9.36. The van der Waals surface area contributed by atoms with E-state index in [1.165, 1.54) is 4.31 Å². The average molecular weight is 562 g/mol. The van der Waals surface area contributed by atoms with Crippen LogP contribution in [0.3, 0.4) is 0 Å². The number of imidazole rings is 1. The van der Waals surface area contributed by atoms with E-state index < -0.39 is 22.1 Å². The molecule has 3 aromatic carbocycles. The van der Waals surface area contributed by atoms with Gasteiger partial charge in [-0.25, -0.2) is 13.4 Å². The largest absolute Gasteiger partial charge is 0.465 e. The van der Waals surface area contributed by atoms with Crippen molar-refractivity contribution in [3.05, 3.63) is 89.7 Å². The number of esters is 1. The van der Waals surface area contributed by atoms with E-state index >= 15 is 0 Å². The minimum atomic E-state index is -3.91. The Balaban J connectivity index is 1.85. The Hall–Kier alpha value is -4.24. The van der Waals surface area contributed by atoms with Crippen molar-refractivity contribution in [1.82, 2.24) is 14.5 Å². The highest BCUT2D eigenvalue weighted by atomic mass is 32.2. The first-order valence-corrected chi connectivity index (χ1v) is 14.2. The standard InChI is InChI=1S/C29H31N5O5S/c1-4-39-27(35)20-33-26-18-23(34(17-16-32(2)3)40(37,38)24-8-6-5-7-9-24)14-15-25(26)31-29(33)28(36)22-12-10-21(19-30)11-13-22/h5-15,18,28,36H,4,16-17,20H2,1-3H3. The smallest absolute Gasteiger partial charge is 0.326 e. The summed E-state index contributed by atoms with van der Waals surface area (Å²) in [6, 6.07) is 21.7. The van der Waals surface area contributed by atoms with Gasteiger partial charge < -0.3 is 19.3 Å². The van der Waals surface area contributed by atoms with Crippen LogP contribution in [0.1, 0.15) is 30.0 Å². The summed E-state index contributed by atoms with van der Waals surface area (Å²) < 4.78 is 35.5. The third-order valence-electron chi connectivity index (χ3n) is 6.32. The highest BCUT2D eigenvalue weighted by Crippen LogP contribution is 2.31. The van der Waals surface area contributed by atoms with E-state index in [9.17, 15) is 18.3 Å². The molecule has 0 amide bonds. The molecular weight excluding hydrogens is 530 g/mol. The van der Waals surface area contributed by atoms with Gasteiger partial charge in [-0.3, -0.25) is 9.10 Å². The lowest BCUT2D eigenvalue weighted by atomic mass is 10.1. The molecule has 0 spiro atoms. The van der Waals surface area contributed by atoms with Crippen molar-refractivity contribution in [3.63, 3.8) is 0 Å². The molecule has 1 N–H and O–H groups in total. The third kappa shape index (κ3) is 6.15. The van der Waals surface area contributed by atoms with Crippen molar-refractivity contribution in [3.8, 4) is 6.07 Å². The number of carbonyl (C=O) groups excluding carboxylic acids is 1. The quantitative estimate of drug-likeness (QED) is 0.276. The molecule has 0 saturated carbocycles. The van der Waals surface area contributed by atoms with Gasteiger partial charge in [0.2, 0.25) is 0 Å². The molecule has 4 aromatic rings. The van der Waals surface area contributed by atoms with E-state index in [4.69, 9.17) is 10.00 Å². The molecule has 1 aromatic heterocycles. The molecule has 40 heavy (non-hydrogen) atoms. The normalized spacial score (nSPS) is 12.3. The first-order chi connectivity index (χ1) is 19.1. The van der Waals surface area contributed by atoms with Crippen molar-refractivity contribution in [2.24, 2.45) is 0 Å². The maximum Gasteiger partial charge on any atom is 0.326 e.